The Morgan fingerprint density at radius 3 is 2.42 bits per heavy atom. The lowest BCUT2D eigenvalue weighted by Gasteiger charge is -2.12. The van der Waals surface area contributed by atoms with E-state index < -0.39 is 36.7 Å². The molecule has 0 spiro atoms. The van der Waals surface area contributed by atoms with Crippen molar-refractivity contribution >= 4 is 18.8 Å². The number of aryl methyl sites for hydroxylation is 2. The molecule has 38 heavy (non-hydrogen) atoms. The molecule has 2 N–H and O–H groups in total. The summed E-state index contributed by atoms with van der Waals surface area (Å²) < 4.78 is 56.1. The van der Waals surface area contributed by atoms with Crippen molar-refractivity contribution in [3.05, 3.63) is 68.6 Å². The fourth-order valence-electron chi connectivity index (χ4n) is 4.26. The lowest BCUT2D eigenvalue weighted by atomic mass is 10.1. The first kappa shape index (κ1) is 27.6. The summed E-state index contributed by atoms with van der Waals surface area (Å²) in [6.45, 7) is 3.61. The molecule has 4 aromatic rings. The number of fused-ring (bicyclic) bond motifs is 1. The highest BCUT2D eigenvalue weighted by Crippen LogP contribution is 2.35. The molecule has 0 bridgehead atoms. The van der Waals surface area contributed by atoms with Crippen molar-refractivity contribution in [2.75, 3.05) is 6.16 Å². The van der Waals surface area contributed by atoms with Crippen LogP contribution in [0.25, 0.3) is 22.6 Å². The van der Waals surface area contributed by atoms with Crippen LogP contribution in [-0.2, 0) is 36.9 Å². The fourth-order valence-corrected chi connectivity index (χ4v) is 4.72. The van der Waals surface area contributed by atoms with Crippen molar-refractivity contribution in [1.82, 2.24) is 28.5 Å². The molecule has 1 aromatic carbocycles. The number of benzene rings is 1. The van der Waals surface area contributed by atoms with Crippen molar-refractivity contribution in [2.24, 2.45) is 0 Å². The molecule has 4 rings (SSSR count). The number of rotatable bonds is 9. The molecule has 0 aliphatic carbocycles. The monoisotopic (exact) mass is 554 g/mol. The van der Waals surface area contributed by atoms with E-state index in [1.807, 2.05) is 6.92 Å². The Morgan fingerprint density at radius 1 is 1.05 bits per heavy atom. The molecule has 0 aliphatic rings. The van der Waals surface area contributed by atoms with Gasteiger partial charge in [0.25, 0.3) is 5.56 Å². The van der Waals surface area contributed by atoms with Crippen LogP contribution in [0.15, 0.2) is 46.2 Å². The van der Waals surface area contributed by atoms with Crippen LogP contribution in [0.1, 0.15) is 31.4 Å². The molecule has 204 valence electrons. The molecule has 0 saturated heterocycles. The van der Waals surface area contributed by atoms with E-state index in [0.717, 1.165) is 16.7 Å². The van der Waals surface area contributed by atoms with Gasteiger partial charge < -0.3 is 14.4 Å². The highest BCUT2D eigenvalue weighted by Gasteiger charge is 2.30. The topological polar surface area (TPSA) is 137 Å². The molecule has 0 fully saturated rings. The third kappa shape index (κ3) is 5.52. The van der Waals surface area contributed by atoms with Gasteiger partial charge in [-0.2, -0.15) is 18.3 Å². The minimum absolute atomic E-state index is 0.00953. The maximum absolute atomic E-state index is 13.3. The molecule has 0 amide bonds. The number of hydrogen-bond donors (Lipinski definition) is 2. The van der Waals surface area contributed by atoms with E-state index in [4.69, 9.17) is 0 Å². The van der Waals surface area contributed by atoms with E-state index >= 15 is 0 Å². The second-order valence-electron chi connectivity index (χ2n) is 8.76. The Kier molecular flexibility index (Phi) is 7.51. The van der Waals surface area contributed by atoms with Crippen LogP contribution in [0.4, 0.5) is 13.2 Å². The number of alkyl halides is 3. The predicted octanol–water partition coefficient (Wildman–Crippen LogP) is 2.90. The smallest absolute Gasteiger partial charge is 0.324 e. The standard InChI is InChI=1S/C23H26F3N6O5P/c1-3-8-32-21(33)18-20(30(4-2)22(32)34)28-19(31(18)9-10-38(35,36)37)16-12-27-29(14-16)13-15-6-5-7-17(11-15)23(24,25)26/h5-7,11-12,14H,3-4,8-10,13H2,1-2H3,(H2,35,36,37). The normalized spacial score (nSPS) is 12.5. The first-order chi connectivity index (χ1) is 17.8. The van der Waals surface area contributed by atoms with Gasteiger partial charge in [-0.3, -0.25) is 23.2 Å². The third-order valence-corrected chi connectivity index (χ3v) is 6.77. The Hall–Kier alpha value is -3.48. The summed E-state index contributed by atoms with van der Waals surface area (Å²) >= 11 is 0. The molecule has 0 unspecified atom stereocenters. The van der Waals surface area contributed by atoms with Crippen LogP contribution in [-0.4, -0.2) is 44.4 Å². The van der Waals surface area contributed by atoms with Gasteiger partial charge in [-0.25, -0.2) is 9.78 Å². The molecule has 0 atom stereocenters. The van der Waals surface area contributed by atoms with Crippen molar-refractivity contribution in [2.45, 2.75) is 52.6 Å². The van der Waals surface area contributed by atoms with E-state index in [1.54, 1.807) is 6.92 Å². The Labute approximate surface area is 213 Å². The van der Waals surface area contributed by atoms with E-state index in [-0.39, 0.29) is 43.2 Å². The molecular weight excluding hydrogens is 528 g/mol. The quantitative estimate of drug-likeness (QED) is 0.304. The van der Waals surface area contributed by atoms with Crippen LogP contribution >= 0.6 is 7.60 Å². The zero-order valence-corrected chi connectivity index (χ0v) is 21.5. The minimum atomic E-state index is -4.49. The minimum Gasteiger partial charge on any atom is -0.324 e. The Morgan fingerprint density at radius 2 is 1.79 bits per heavy atom. The lowest BCUT2D eigenvalue weighted by molar-refractivity contribution is -0.137. The van der Waals surface area contributed by atoms with Crippen LogP contribution in [0.5, 0.6) is 0 Å². The van der Waals surface area contributed by atoms with Gasteiger partial charge in [0.1, 0.15) is 5.82 Å². The van der Waals surface area contributed by atoms with Crippen LogP contribution < -0.4 is 11.2 Å². The molecule has 15 heteroatoms. The number of nitrogens with zero attached hydrogens (tertiary/aromatic N) is 6. The van der Waals surface area contributed by atoms with Gasteiger partial charge in [0.05, 0.1) is 30.0 Å². The molecule has 3 aromatic heterocycles. The van der Waals surface area contributed by atoms with Crippen LogP contribution in [0.2, 0.25) is 0 Å². The summed E-state index contributed by atoms with van der Waals surface area (Å²) in [5.74, 6) is 0.150. The van der Waals surface area contributed by atoms with Gasteiger partial charge >= 0.3 is 19.5 Å². The molecule has 0 aliphatic heterocycles. The highest BCUT2D eigenvalue weighted by atomic mass is 31.2. The molecule has 3 heterocycles. The maximum atomic E-state index is 13.3. The van der Waals surface area contributed by atoms with Crippen molar-refractivity contribution in [3.63, 3.8) is 0 Å². The van der Waals surface area contributed by atoms with Gasteiger partial charge in [0.15, 0.2) is 11.2 Å². The van der Waals surface area contributed by atoms with E-state index in [0.29, 0.717) is 17.5 Å². The Bertz CT molecular complexity index is 1650. The van der Waals surface area contributed by atoms with Gasteiger partial charge in [0, 0.05) is 25.8 Å². The van der Waals surface area contributed by atoms with Gasteiger partial charge in [-0.15, -0.1) is 0 Å². The maximum Gasteiger partial charge on any atom is 0.416 e. The highest BCUT2D eigenvalue weighted by molar-refractivity contribution is 7.51. The number of imidazole rings is 1. The average molecular weight is 554 g/mol. The van der Waals surface area contributed by atoms with Crippen molar-refractivity contribution in [1.29, 1.82) is 0 Å². The zero-order chi connectivity index (χ0) is 27.8. The summed E-state index contributed by atoms with van der Waals surface area (Å²) in [6, 6.07) is 4.82. The molecule has 11 nitrogen and oxygen atoms in total. The summed E-state index contributed by atoms with van der Waals surface area (Å²) in [6.07, 6.45) is -1.66. The first-order valence-corrected chi connectivity index (χ1v) is 13.6. The van der Waals surface area contributed by atoms with Crippen LogP contribution in [0, 0.1) is 0 Å². The van der Waals surface area contributed by atoms with Crippen LogP contribution in [0.3, 0.4) is 0 Å². The molecule has 0 radical (unpaired) electrons. The van der Waals surface area contributed by atoms with Gasteiger partial charge in [-0.1, -0.05) is 19.1 Å². The third-order valence-electron chi connectivity index (χ3n) is 5.98. The second-order valence-corrected chi connectivity index (χ2v) is 10.5. The van der Waals surface area contributed by atoms with E-state index in [9.17, 15) is 37.1 Å². The van der Waals surface area contributed by atoms with Gasteiger partial charge in [0.2, 0.25) is 0 Å². The fraction of sp³-hybridized carbons (Fsp3) is 0.391. The van der Waals surface area contributed by atoms with E-state index in [1.165, 1.54) is 38.3 Å². The second kappa shape index (κ2) is 10.4. The van der Waals surface area contributed by atoms with Crippen molar-refractivity contribution < 1.29 is 27.5 Å². The lowest BCUT2D eigenvalue weighted by Crippen LogP contribution is -2.40. The Balaban J connectivity index is 1.85. The zero-order valence-electron chi connectivity index (χ0n) is 20.6. The largest absolute Gasteiger partial charge is 0.416 e. The van der Waals surface area contributed by atoms with Crippen molar-refractivity contribution in [3.8, 4) is 11.4 Å². The number of aromatic nitrogens is 6. The molecular formula is C23H26F3N6O5P. The average Bonchev–Trinajstić information content (AvgIpc) is 3.44. The summed E-state index contributed by atoms with van der Waals surface area (Å²) in [7, 11) is -4.46. The van der Waals surface area contributed by atoms with Gasteiger partial charge in [-0.05, 0) is 31.0 Å². The van der Waals surface area contributed by atoms with E-state index in [2.05, 4.69) is 10.1 Å². The SMILES string of the molecule is CCCn1c(=O)c2c(nc(-c3cnn(Cc4cccc(C(F)(F)F)c4)c3)n2CCP(=O)(O)O)n(CC)c1=O. The molecule has 0 saturated carbocycles. The predicted molar refractivity (Wildman–Crippen MR) is 133 cm³/mol. The first-order valence-electron chi connectivity index (χ1n) is 11.8. The number of halogens is 3. The number of hydrogen-bond acceptors (Lipinski definition) is 5. The summed E-state index contributed by atoms with van der Waals surface area (Å²) in [4.78, 5) is 49.8. The summed E-state index contributed by atoms with van der Waals surface area (Å²) in [5.41, 5.74) is -1.16. The summed E-state index contributed by atoms with van der Waals surface area (Å²) in [5, 5.41) is 4.21.